The maximum absolute atomic E-state index is 11.5. The van der Waals surface area contributed by atoms with Gasteiger partial charge in [0.25, 0.3) is 0 Å². The van der Waals surface area contributed by atoms with Crippen LogP contribution in [0.4, 0.5) is 0 Å². The van der Waals surface area contributed by atoms with Gasteiger partial charge in [-0.05, 0) is 42.4 Å². The molecule has 0 saturated heterocycles. The van der Waals surface area contributed by atoms with E-state index in [9.17, 15) is 19.8 Å². The van der Waals surface area contributed by atoms with Crippen molar-refractivity contribution in [1.82, 2.24) is 0 Å². The summed E-state index contributed by atoms with van der Waals surface area (Å²) >= 11 is 0. The predicted octanol–water partition coefficient (Wildman–Crippen LogP) is 2.46. The van der Waals surface area contributed by atoms with Crippen molar-refractivity contribution in [3.05, 3.63) is 22.8 Å². The van der Waals surface area contributed by atoms with Crippen molar-refractivity contribution >= 4 is 11.9 Å². The molecule has 0 aliphatic carbocycles. The highest BCUT2D eigenvalue weighted by molar-refractivity contribution is 6.01. The largest absolute Gasteiger partial charge is 0.475 e. The number of hydrogen-bond donors (Lipinski definition) is 3. The smallest absolute Gasteiger partial charge is 0.453 e. The lowest BCUT2D eigenvalue weighted by Gasteiger charge is -2.23. The van der Waals surface area contributed by atoms with Crippen LogP contribution in [0.25, 0.3) is 0 Å². The summed E-state index contributed by atoms with van der Waals surface area (Å²) < 4.78 is 10.7. The van der Waals surface area contributed by atoms with Gasteiger partial charge in [-0.2, -0.15) is 0 Å². The number of carbonyl (C=O) groups is 2. The van der Waals surface area contributed by atoms with E-state index in [1.54, 1.807) is 6.07 Å². The van der Waals surface area contributed by atoms with E-state index in [2.05, 4.69) is 0 Å². The number of nitrogens with two attached hydrogens (primary N) is 1. The van der Waals surface area contributed by atoms with Crippen molar-refractivity contribution in [2.45, 2.75) is 64.7 Å². The Bertz CT molecular complexity index is 694. The molecule has 0 radical (unpaired) electrons. The number of carboxylic acid groups (broad SMARTS) is 2. The van der Waals surface area contributed by atoms with E-state index in [4.69, 9.17) is 15.2 Å². The van der Waals surface area contributed by atoms with Gasteiger partial charge in [0, 0.05) is 11.6 Å². The normalized spacial score (nSPS) is 16.3. The molecule has 138 valence electrons. The van der Waals surface area contributed by atoms with Crippen LogP contribution in [0.3, 0.4) is 0 Å². The van der Waals surface area contributed by atoms with Crippen molar-refractivity contribution in [1.29, 1.82) is 0 Å². The van der Waals surface area contributed by atoms with Crippen LogP contribution in [0, 0.1) is 0 Å². The Balaban J connectivity index is 2.75. The Morgan fingerprint density at radius 2 is 1.64 bits per heavy atom. The van der Waals surface area contributed by atoms with Crippen LogP contribution in [0.2, 0.25) is 0 Å². The molecule has 0 bridgehead atoms. The van der Waals surface area contributed by atoms with Crippen molar-refractivity contribution in [2.24, 2.45) is 5.73 Å². The SMILES string of the molecule is CC(C)c1cc2c(c(C(C)C)c1C[C@@H](C)N)OC(C(=O)O)(C(=O)O)O2. The molecule has 1 aliphatic rings. The van der Waals surface area contributed by atoms with Gasteiger partial charge < -0.3 is 25.4 Å². The van der Waals surface area contributed by atoms with Gasteiger partial charge in [0.1, 0.15) is 0 Å². The zero-order valence-corrected chi connectivity index (χ0v) is 15.1. The summed E-state index contributed by atoms with van der Waals surface area (Å²) in [5.41, 5.74) is 8.67. The number of hydrogen-bond acceptors (Lipinski definition) is 5. The highest BCUT2D eigenvalue weighted by Crippen LogP contribution is 2.49. The Hall–Kier alpha value is -2.28. The lowest BCUT2D eigenvalue weighted by molar-refractivity contribution is -0.194. The van der Waals surface area contributed by atoms with Crippen LogP contribution >= 0.6 is 0 Å². The highest BCUT2D eigenvalue weighted by Gasteiger charge is 2.58. The van der Waals surface area contributed by atoms with Gasteiger partial charge in [-0.3, -0.25) is 0 Å². The zero-order valence-electron chi connectivity index (χ0n) is 15.1. The summed E-state index contributed by atoms with van der Waals surface area (Å²) in [5, 5.41) is 18.8. The number of aliphatic carboxylic acids is 2. The minimum absolute atomic E-state index is 0.0248. The molecule has 1 atom stereocenters. The molecule has 4 N–H and O–H groups in total. The van der Waals surface area contributed by atoms with Gasteiger partial charge in [0.15, 0.2) is 11.5 Å². The lowest BCUT2D eigenvalue weighted by atomic mass is 9.85. The van der Waals surface area contributed by atoms with E-state index >= 15 is 0 Å². The molecule has 25 heavy (non-hydrogen) atoms. The van der Waals surface area contributed by atoms with E-state index in [-0.39, 0.29) is 29.4 Å². The minimum Gasteiger partial charge on any atom is -0.475 e. The number of carboxylic acids is 2. The minimum atomic E-state index is -2.76. The van der Waals surface area contributed by atoms with Gasteiger partial charge in [0.05, 0.1) is 0 Å². The van der Waals surface area contributed by atoms with Gasteiger partial charge in [-0.15, -0.1) is 0 Å². The molecule has 0 amide bonds. The number of rotatable bonds is 6. The van der Waals surface area contributed by atoms with Gasteiger partial charge >= 0.3 is 17.7 Å². The number of fused-ring (bicyclic) bond motifs is 1. The number of ether oxygens (including phenoxy) is 2. The topological polar surface area (TPSA) is 119 Å². The molecule has 1 heterocycles. The first-order valence-electron chi connectivity index (χ1n) is 8.31. The van der Waals surface area contributed by atoms with Crippen LogP contribution in [0.5, 0.6) is 11.5 Å². The highest BCUT2D eigenvalue weighted by atomic mass is 16.8. The summed E-state index contributed by atoms with van der Waals surface area (Å²) in [7, 11) is 0. The summed E-state index contributed by atoms with van der Waals surface area (Å²) in [4.78, 5) is 23.1. The van der Waals surface area contributed by atoms with Crippen LogP contribution < -0.4 is 15.2 Å². The quantitative estimate of drug-likeness (QED) is 0.673. The van der Waals surface area contributed by atoms with Crippen LogP contribution in [0.1, 0.15) is 63.1 Å². The molecule has 0 saturated carbocycles. The van der Waals surface area contributed by atoms with Crippen LogP contribution in [-0.2, 0) is 16.0 Å². The molecule has 0 fully saturated rings. The molecule has 7 nitrogen and oxygen atoms in total. The van der Waals surface area contributed by atoms with Crippen molar-refractivity contribution in [3.8, 4) is 11.5 Å². The summed E-state index contributed by atoms with van der Waals surface area (Å²) in [5.74, 6) is -5.73. The molecule has 1 aromatic carbocycles. The van der Waals surface area contributed by atoms with E-state index in [1.165, 1.54) is 0 Å². The first-order valence-corrected chi connectivity index (χ1v) is 8.31. The van der Waals surface area contributed by atoms with Crippen LogP contribution in [-0.4, -0.2) is 34.0 Å². The van der Waals surface area contributed by atoms with Crippen LogP contribution in [0.15, 0.2) is 6.07 Å². The monoisotopic (exact) mass is 351 g/mol. The first kappa shape index (κ1) is 19.1. The second-order valence-corrected chi connectivity index (χ2v) is 7.11. The van der Waals surface area contributed by atoms with E-state index in [0.29, 0.717) is 6.42 Å². The molecule has 2 rings (SSSR count). The molecular weight excluding hydrogens is 326 g/mol. The maximum atomic E-state index is 11.5. The second-order valence-electron chi connectivity index (χ2n) is 7.11. The Labute approximate surface area is 146 Å². The molecular formula is C18H25NO6. The third-order valence-electron chi connectivity index (χ3n) is 4.22. The standard InChI is InChI=1S/C18H25NO6/c1-8(2)11-7-13-15(14(9(3)4)12(11)6-10(5)19)25-18(24-13,16(20)21)17(22)23/h7-10H,6,19H2,1-5H3,(H,20,21)(H,22,23)/t10-/m1/s1. The Morgan fingerprint density at radius 3 is 2.04 bits per heavy atom. The third kappa shape index (κ3) is 3.16. The molecule has 0 aromatic heterocycles. The summed E-state index contributed by atoms with van der Waals surface area (Å²) in [6.45, 7) is 9.78. The fourth-order valence-electron chi connectivity index (χ4n) is 3.16. The molecule has 0 spiro atoms. The summed E-state index contributed by atoms with van der Waals surface area (Å²) in [6.07, 6.45) is 0.574. The van der Waals surface area contributed by atoms with Crippen molar-refractivity contribution in [2.75, 3.05) is 0 Å². The fourth-order valence-corrected chi connectivity index (χ4v) is 3.16. The lowest BCUT2D eigenvalue weighted by Crippen LogP contribution is -2.54. The molecule has 1 aromatic rings. The predicted molar refractivity (Wildman–Crippen MR) is 91.2 cm³/mol. The molecule has 0 unspecified atom stereocenters. The van der Waals surface area contributed by atoms with Gasteiger partial charge in [-0.1, -0.05) is 27.7 Å². The second kappa shape index (κ2) is 6.55. The number of benzene rings is 1. The third-order valence-corrected chi connectivity index (χ3v) is 4.22. The van der Waals surface area contributed by atoms with E-state index in [1.807, 2.05) is 34.6 Å². The zero-order chi connectivity index (χ0) is 19.1. The first-order chi connectivity index (χ1) is 11.5. The van der Waals surface area contributed by atoms with Gasteiger partial charge in [-0.25, -0.2) is 9.59 Å². The van der Waals surface area contributed by atoms with E-state index in [0.717, 1.165) is 16.7 Å². The Morgan fingerprint density at radius 1 is 1.08 bits per heavy atom. The van der Waals surface area contributed by atoms with E-state index < -0.39 is 17.7 Å². The summed E-state index contributed by atoms with van der Waals surface area (Å²) in [6, 6.07) is 1.57. The fraction of sp³-hybridized carbons (Fsp3) is 0.556. The van der Waals surface area contributed by atoms with Crippen molar-refractivity contribution in [3.63, 3.8) is 0 Å². The molecule has 1 aliphatic heterocycles. The van der Waals surface area contributed by atoms with Gasteiger partial charge in [0.2, 0.25) is 0 Å². The average Bonchev–Trinajstić information content (AvgIpc) is 2.85. The Kier molecular flexibility index (Phi) is 4.99. The average molecular weight is 351 g/mol. The van der Waals surface area contributed by atoms with Crippen molar-refractivity contribution < 1.29 is 29.3 Å². The maximum Gasteiger partial charge on any atom is 0.453 e. The molecule has 7 heteroatoms.